The minimum absolute atomic E-state index is 0.0317. The Balaban J connectivity index is 2.06. The molecular weight excluding hydrogens is 322 g/mol. The molecule has 0 aliphatic carbocycles. The van der Waals surface area contributed by atoms with Crippen molar-refractivity contribution in [2.45, 2.75) is 6.42 Å². The van der Waals surface area contributed by atoms with Crippen LogP contribution in [0.5, 0.6) is 5.75 Å². The van der Waals surface area contributed by atoms with E-state index in [1.165, 1.54) is 6.07 Å². The number of aromatic hydroxyl groups is 1. The number of halogens is 1. The fraction of sp³-hybridized carbons (Fsp3) is 0.0667. The Morgan fingerprint density at radius 2 is 2.04 bits per heavy atom. The molecule has 0 unspecified atom stereocenters. The Kier molecular flexibility index (Phi) is 5.27. The van der Waals surface area contributed by atoms with Gasteiger partial charge < -0.3 is 5.11 Å². The zero-order valence-corrected chi connectivity index (χ0v) is 12.5. The minimum Gasteiger partial charge on any atom is -0.502 e. The third-order valence-corrected chi connectivity index (χ3v) is 3.10. The monoisotopic (exact) mass is 333 g/mol. The van der Waals surface area contributed by atoms with Gasteiger partial charge in [-0.05, 0) is 11.6 Å². The van der Waals surface area contributed by atoms with E-state index in [9.17, 15) is 20.0 Å². The first kappa shape index (κ1) is 16.4. The lowest BCUT2D eigenvalue weighted by Crippen LogP contribution is -2.19. The summed E-state index contributed by atoms with van der Waals surface area (Å²) in [6.07, 6.45) is 1.23. The molecule has 0 saturated heterocycles. The summed E-state index contributed by atoms with van der Waals surface area (Å²) in [4.78, 5) is 21.7. The molecule has 0 saturated carbocycles. The lowest BCUT2D eigenvalue weighted by atomic mass is 10.1. The van der Waals surface area contributed by atoms with Crippen LogP contribution >= 0.6 is 11.6 Å². The number of nitrogens with zero attached hydrogens (tertiary/aromatic N) is 2. The van der Waals surface area contributed by atoms with Gasteiger partial charge in [0.25, 0.3) is 0 Å². The highest BCUT2D eigenvalue weighted by Crippen LogP contribution is 2.32. The number of amides is 1. The van der Waals surface area contributed by atoms with Crippen molar-refractivity contribution in [3.63, 3.8) is 0 Å². The van der Waals surface area contributed by atoms with Crippen LogP contribution in [0.2, 0.25) is 5.02 Å². The van der Waals surface area contributed by atoms with Gasteiger partial charge in [-0.2, -0.15) is 5.10 Å². The molecule has 0 spiro atoms. The van der Waals surface area contributed by atoms with Crippen LogP contribution in [-0.2, 0) is 11.2 Å². The number of hydrogen-bond donors (Lipinski definition) is 2. The van der Waals surface area contributed by atoms with Gasteiger partial charge >= 0.3 is 5.69 Å². The van der Waals surface area contributed by atoms with E-state index in [0.717, 1.165) is 17.8 Å². The first-order valence-electron chi connectivity index (χ1n) is 6.50. The second kappa shape index (κ2) is 7.37. The van der Waals surface area contributed by atoms with Crippen LogP contribution in [0.3, 0.4) is 0 Å². The Labute approximate surface area is 136 Å². The maximum atomic E-state index is 11.7. The van der Waals surface area contributed by atoms with Crippen LogP contribution in [0.25, 0.3) is 0 Å². The molecule has 1 amide bonds. The van der Waals surface area contributed by atoms with Crippen molar-refractivity contribution in [3.8, 4) is 5.75 Å². The van der Waals surface area contributed by atoms with Gasteiger partial charge in [-0.15, -0.1) is 0 Å². The predicted octanol–water partition coefficient (Wildman–Crippen LogP) is 2.65. The van der Waals surface area contributed by atoms with E-state index in [-0.39, 0.29) is 22.9 Å². The van der Waals surface area contributed by atoms with Gasteiger partial charge in [0.05, 0.1) is 17.6 Å². The molecule has 0 aromatic heterocycles. The molecule has 7 nitrogen and oxygen atoms in total. The summed E-state index contributed by atoms with van der Waals surface area (Å²) in [6.45, 7) is 0. The second-order valence-corrected chi connectivity index (χ2v) is 5.01. The van der Waals surface area contributed by atoms with Crippen molar-refractivity contribution in [2.24, 2.45) is 5.10 Å². The van der Waals surface area contributed by atoms with E-state index >= 15 is 0 Å². The summed E-state index contributed by atoms with van der Waals surface area (Å²) in [5.74, 6) is -0.927. The molecular formula is C15H12ClN3O4. The second-order valence-electron chi connectivity index (χ2n) is 4.58. The van der Waals surface area contributed by atoms with E-state index < -0.39 is 16.4 Å². The molecule has 0 aliphatic rings. The number of phenolic OH excluding ortho intramolecular Hbond substituents is 1. The SMILES string of the molecule is O=C(Cc1ccccc1)N/N=C/c1cc(Cl)cc([N+](=O)[O-])c1O. The molecule has 23 heavy (non-hydrogen) atoms. The van der Waals surface area contributed by atoms with Gasteiger partial charge in [-0.3, -0.25) is 14.9 Å². The van der Waals surface area contributed by atoms with Crippen LogP contribution in [-0.4, -0.2) is 22.2 Å². The molecule has 2 aromatic carbocycles. The topological polar surface area (TPSA) is 105 Å². The van der Waals surface area contributed by atoms with E-state index in [1.807, 2.05) is 18.2 Å². The first-order valence-corrected chi connectivity index (χ1v) is 6.88. The third-order valence-electron chi connectivity index (χ3n) is 2.88. The molecule has 0 bridgehead atoms. The Bertz CT molecular complexity index is 763. The summed E-state index contributed by atoms with van der Waals surface area (Å²) in [5, 5.41) is 24.3. The molecule has 118 valence electrons. The van der Waals surface area contributed by atoms with Crippen LogP contribution in [0.1, 0.15) is 11.1 Å². The van der Waals surface area contributed by atoms with Gasteiger partial charge in [0, 0.05) is 16.7 Å². The quantitative estimate of drug-likeness (QED) is 0.498. The number of nitro benzene ring substituents is 1. The summed E-state index contributed by atoms with van der Waals surface area (Å²) < 4.78 is 0. The number of carbonyl (C=O) groups is 1. The molecule has 0 atom stereocenters. The van der Waals surface area contributed by atoms with Gasteiger partial charge in [-0.25, -0.2) is 5.43 Å². The van der Waals surface area contributed by atoms with Crippen LogP contribution in [0.15, 0.2) is 47.6 Å². The molecule has 8 heteroatoms. The summed E-state index contributed by atoms with van der Waals surface area (Å²) in [5.41, 5.74) is 2.60. The maximum Gasteiger partial charge on any atom is 0.312 e. The van der Waals surface area contributed by atoms with E-state index in [0.29, 0.717) is 0 Å². The summed E-state index contributed by atoms with van der Waals surface area (Å²) in [6, 6.07) is 11.4. The van der Waals surface area contributed by atoms with Crippen molar-refractivity contribution >= 4 is 29.4 Å². The average molecular weight is 334 g/mol. The van der Waals surface area contributed by atoms with Gasteiger partial charge in [0.2, 0.25) is 11.7 Å². The fourth-order valence-electron chi connectivity index (χ4n) is 1.84. The van der Waals surface area contributed by atoms with E-state index in [1.54, 1.807) is 12.1 Å². The molecule has 2 N–H and O–H groups in total. The standard InChI is InChI=1S/C15H12ClN3O4/c16-12-7-11(15(21)13(8-12)19(22)23)9-17-18-14(20)6-10-4-2-1-3-5-10/h1-5,7-9,21H,6H2,(H,18,20)/b17-9+. The molecule has 2 aromatic rings. The highest BCUT2D eigenvalue weighted by atomic mass is 35.5. The zero-order valence-electron chi connectivity index (χ0n) is 11.8. The van der Waals surface area contributed by atoms with E-state index in [2.05, 4.69) is 10.5 Å². The number of benzene rings is 2. The van der Waals surface area contributed by atoms with Crippen molar-refractivity contribution in [1.82, 2.24) is 5.43 Å². The van der Waals surface area contributed by atoms with Crippen molar-refractivity contribution in [1.29, 1.82) is 0 Å². The Hall–Kier alpha value is -2.93. The van der Waals surface area contributed by atoms with Gasteiger partial charge in [0.1, 0.15) is 0 Å². The largest absolute Gasteiger partial charge is 0.502 e. The number of rotatable bonds is 5. The molecule has 2 rings (SSSR count). The van der Waals surface area contributed by atoms with Crippen molar-refractivity contribution in [3.05, 3.63) is 68.7 Å². The van der Waals surface area contributed by atoms with Crippen LogP contribution in [0.4, 0.5) is 5.69 Å². The van der Waals surface area contributed by atoms with Gasteiger partial charge in [0.15, 0.2) is 0 Å². The normalized spacial score (nSPS) is 10.7. The first-order chi connectivity index (χ1) is 11.0. The number of carbonyl (C=O) groups excluding carboxylic acids is 1. The Morgan fingerprint density at radius 1 is 1.35 bits per heavy atom. The molecule has 0 fully saturated rings. The average Bonchev–Trinajstić information content (AvgIpc) is 2.51. The smallest absolute Gasteiger partial charge is 0.312 e. The zero-order chi connectivity index (χ0) is 16.8. The molecule has 0 heterocycles. The number of hydrazone groups is 1. The lowest BCUT2D eigenvalue weighted by Gasteiger charge is -2.02. The van der Waals surface area contributed by atoms with Crippen molar-refractivity contribution in [2.75, 3.05) is 0 Å². The number of nitrogens with one attached hydrogen (secondary N) is 1. The van der Waals surface area contributed by atoms with Crippen LogP contribution in [0, 0.1) is 10.1 Å². The summed E-state index contributed by atoms with van der Waals surface area (Å²) in [7, 11) is 0. The maximum absolute atomic E-state index is 11.7. The number of nitro groups is 1. The van der Waals surface area contributed by atoms with Crippen LogP contribution < -0.4 is 5.43 Å². The highest BCUT2D eigenvalue weighted by Gasteiger charge is 2.17. The van der Waals surface area contributed by atoms with Crippen molar-refractivity contribution < 1.29 is 14.8 Å². The minimum atomic E-state index is -0.757. The number of hydrogen-bond acceptors (Lipinski definition) is 5. The predicted molar refractivity (Wildman–Crippen MR) is 85.7 cm³/mol. The third kappa shape index (κ3) is 4.52. The fourth-order valence-corrected chi connectivity index (χ4v) is 2.06. The van der Waals surface area contributed by atoms with E-state index in [4.69, 9.17) is 11.6 Å². The van der Waals surface area contributed by atoms with Gasteiger partial charge in [-0.1, -0.05) is 41.9 Å². The molecule has 0 aliphatic heterocycles. The number of phenols is 1. The highest BCUT2D eigenvalue weighted by molar-refractivity contribution is 6.31. The molecule has 0 radical (unpaired) electrons. The lowest BCUT2D eigenvalue weighted by molar-refractivity contribution is -0.385. The summed E-state index contributed by atoms with van der Waals surface area (Å²) >= 11 is 5.75. The Morgan fingerprint density at radius 3 is 2.70 bits per heavy atom.